The van der Waals surface area contributed by atoms with Gasteiger partial charge in [0.15, 0.2) is 0 Å². The van der Waals surface area contributed by atoms with Gasteiger partial charge in [-0.05, 0) is 106 Å². The predicted octanol–water partition coefficient (Wildman–Crippen LogP) is 10.3. The summed E-state index contributed by atoms with van der Waals surface area (Å²) in [6.45, 7) is 19.3. The van der Waals surface area contributed by atoms with Gasteiger partial charge in [-0.3, -0.25) is 0 Å². The lowest BCUT2D eigenvalue weighted by Crippen LogP contribution is -2.56. The van der Waals surface area contributed by atoms with E-state index in [-0.39, 0.29) is 28.5 Å². The van der Waals surface area contributed by atoms with Gasteiger partial charge in [-0.25, -0.2) is 0 Å². The van der Waals surface area contributed by atoms with Gasteiger partial charge in [0.25, 0.3) is 0 Å². The van der Waals surface area contributed by atoms with E-state index in [1.807, 2.05) is 0 Å². The SMILES string of the molecule is CC(C)(C)c1cccc(N2c3cc(C(C)(C)C)ccc3B3c4ccccc4-c4cc(N5c6ccccc6C6(C)CCCCC56C)cc2c43)c1. The van der Waals surface area contributed by atoms with Crippen LogP contribution >= 0.6 is 0 Å². The maximum absolute atomic E-state index is 2.76. The number of benzene rings is 5. The fourth-order valence-corrected chi connectivity index (χ4v) is 10.0. The van der Waals surface area contributed by atoms with Crippen molar-refractivity contribution in [2.75, 3.05) is 9.80 Å². The Kier molecular flexibility index (Phi) is 6.38. The molecule has 0 aromatic heterocycles. The predicted molar refractivity (Wildman–Crippen MR) is 211 cm³/mol. The maximum Gasteiger partial charge on any atom is 0.248 e. The number of hydrogen-bond acceptors (Lipinski definition) is 2. The summed E-state index contributed by atoms with van der Waals surface area (Å²) in [5, 5.41) is 0. The summed E-state index contributed by atoms with van der Waals surface area (Å²) >= 11 is 0. The summed E-state index contributed by atoms with van der Waals surface area (Å²) in [6, 6.07) is 40.3. The average molecular weight is 641 g/mol. The molecule has 5 aromatic carbocycles. The van der Waals surface area contributed by atoms with E-state index >= 15 is 0 Å². The Bertz CT molecular complexity index is 2170. The fraction of sp³-hybridized carbons (Fsp3) is 0.348. The Morgan fingerprint density at radius 2 is 1.29 bits per heavy atom. The Labute approximate surface area is 294 Å². The molecule has 0 amide bonds. The van der Waals surface area contributed by atoms with Gasteiger partial charge in [-0.15, -0.1) is 0 Å². The molecule has 246 valence electrons. The van der Waals surface area contributed by atoms with Gasteiger partial charge in [0.2, 0.25) is 6.71 Å². The van der Waals surface area contributed by atoms with Crippen molar-refractivity contribution in [2.24, 2.45) is 0 Å². The number of fused-ring (bicyclic) bond motifs is 8. The summed E-state index contributed by atoms with van der Waals surface area (Å²) in [7, 11) is 0. The molecule has 9 rings (SSSR count). The molecule has 3 heteroatoms. The third kappa shape index (κ3) is 4.20. The van der Waals surface area contributed by atoms with E-state index in [0.29, 0.717) is 0 Å². The summed E-state index contributed by atoms with van der Waals surface area (Å²) < 4.78 is 0. The van der Waals surface area contributed by atoms with Crippen molar-refractivity contribution >= 4 is 51.5 Å². The first-order valence-corrected chi connectivity index (χ1v) is 18.5. The van der Waals surface area contributed by atoms with Gasteiger partial charge in [-0.1, -0.05) is 134 Å². The Morgan fingerprint density at radius 1 is 0.571 bits per heavy atom. The van der Waals surface area contributed by atoms with Crippen LogP contribution in [-0.4, -0.2) is 12.3 Å². The topological polar surface area (TPSA) is 6.48 Å². The zero-order chi connectivity index (χ0) is 34.1. The normalized spacial score (nSPS) is 22.0. The number of anilines is 5. The van der Waals surface area contributed by atoms with E-state index in [1.165, 1.54) is 98.3 Å². The highest BCUT2D eigenvalue weighted by atomic mass is 15.3. The van der Waals surface area contributed by atoms with Gasteiger partial charge in [0, 0.05) is 33.9 Å². The van der Waals surface area contributed by atoms with Crippen molar-refractivity contribution < 1.29 is 0 Å². The van der Waals surface area contributed by atoms with E-state index in [0.717, 1.165) is 0 Å². The van der Waals surface area contributed by atoms with Crippen molar-refractivity contribution in [1.29, 1.82) is 0 Å². The molecule has 0 bridgehead atoms. The molecule has 1 aliphatic carbocycles. The van der Waals surface area contributed by atoms with Gasteiger partial charge in [0.05, 0.1) is 5.54 Å². The average Bonchev–Trinajstić information content (AvgIpc) is 3.51. The Balaban J connectivity index is 1.37. The minimum absolute atomic E-state index is 0.00359. The van der Waals surface area contributed by atoms with Crippen LogP contribution < -0.4 is 26.2 Å². The lowest BCUT2D eigenvalue weighted by Gasteiger charge is -2.50. The first-order chi connectivity index (χ1) is 23.3. The minimum Gasteiger partial charge on any atom is -0.334 e. The van der Waals surface area contributed by atoms with E-state index in [2.05, 4.69) is 168 Å². The van der Waals surface area contributed by atoms with Crippen molar-refractivity contribution in [3.8, 4) is 11.1 Å². The van der Waals surface area contributed by atoms with Gasteiger partial charge < -0.3 is 9.80 Å². The molecule has 5 aromatic rings. The summed E-state index contributed by atoms with van der Waals surface area (Å²) in [4.78, 5) is 5.38. The largest absolute Gasteiger partial charge is 0.334 e. The second-order valence-electron chi connectivity index (χ2n) is 17.8. The van der Waals surface area contributed by atoms with E-state index in [1.54, 1.807) is 0 Å². The summed E-state index contributed by atoms with van der Waals surface area (Å²) in [5.41, 5.74) is 18.1. The molecule has 1 saturated carbocycles. The van der Waals surface area contributed by atoms with Crippen LogP contribution in [0.4, 0.5) is 28.4 Å². The molecule has 49 heavy (non-hydrogen) atoms. The highest BCUT2D eigenvalue weighted by Crippen LogP contribution is 2.61. The van der Waals surface area contributed by atoms with E-state index in [9.17, 15) is 0 Å². The third-order valence-corrected chi connectivity index (χ3v) is 12.9. The molecular weight excluding hydrogens is 591 g/mol. The lowest BCUT2D eigenvalue weighted by molar-refractivity contribution is 0.195. The zero-order valence-corrected chi connectivity index (χ0v) is 30.6. The Hall–Kier alpha value is -4.24. The van der Waals surface area contributed by atoms with Gasteiger partial charge in [0.1, 0.15) is 0 Å². The molecule has 2 unspecified atom stereocenters. The zero-order valence-electron chi connectivity index (χ0n) is 30.6. The molecule has 3 heterocycles. The first kappa shape index (κ1) is 30.8. The van der Waals surface area contributed by atoms with Crippen LogP contribution in [0, 0.1) is 0 Å². The van der Waals surface area contributed by atoms with Crippen LogP contribution in [0.25, 0.3) is 11.1 Å². The molecule has 4 aliphatic rings. The highest BCUT2D eigenvalue weighted by molar-refractivity contribution is 7.01. The molecule has 2 nitrogen and oxygen atoms in total. The molecule has 0 saturated heterocycles. The van der Waals surface area contributed by atoms with Crippen LogP contribution in [-0.2, 0) is 16.2 Å². The van der Waals surface area contributed by atoms with Crippen LogP contribution in [0.15, 0.2) is 103 Å². The summed E-state index contributed by atoms with van der Waals surface area (Å²) in [6.07, 6.45) is 4.99. The third-order valence-electron chi connectivity index (χ3n) is 12.9. The van der Waals surface area contributed by atoms with E-state index in [4.69, 9.17) is 0 Å². The second kappa shape index (κ2) is 10.2. The van der Waals surface area contributed by atoms with E-state index < -0.39 is 0 Å². The molecule has 2 atom stereocenters. The summed E-state index contributed by atoms with van der Waals surface area (Å²) in [5.74, 6) is 0. The van der Waals surface area contributed by atoms with Crippen LogP contribution in [0.2, 0.25) is 0 Å². The van der Waals surface area contributed by atoms with Gasteiger partial charge in [-0.2, -0.15) is 0 Å². The molecule has 0 spiro atoms. The fourth-order valence-electron chi connectivity index (χ4n) is 10.0. The van der Waals surface area contributed by atoms with Crippen molar-refractivity contribution in [3.05, 3.63) is 120 Å². The monoisotopic (exact) mass is 640 g/mol. The molecule has 1 fully saturated rings. The standard InChI is InChI=1S/C46H49BN2/c1-43(2,3)30-16-15-17-32(26-30)48-40-27-31(44(4,5)6)22-23-38(40)47-37-20-11-9-18-34(37)35-28-33(29-41(48)42(35)47)49-39-21-12-10-19-36(39)45(7)24-13-14-25-46(45,49)8/h9-12,15-23,26-29H,13-14,24-25H2,1-8H3. The van der Waals surface area contributed by atoms with Crippen molar-refractivity contribution in [2.45, 2.75) is 103 Å². The molecule has 0 N–H and O–H groups in total. The van der Waals surface area contributed by atoms with Gasteiger partial charge >= 0.3 is 0 Å². The van der Waals surface area contributed by atoms with Crippen molar-refractivity contribution in [3.63, 3.8) is 0 Å². The first-order valence-electron chi connectivity index (χ1n) is 18.5. The van der Waals surface area contributed by atoms with Crippen LogP contribution in [0.3, 0.4) is 0 Å². The lowest BCUT2D eigenvalue weighted by atomic mass is 9.37. The number of hydrogen-bond donors (Lipinski definition) is 0. The Morgan fingerprint density at radius 3 is 2.08 bits per heavy atom. The minimum atomic E-state index is -0.00359. The second-order valence-corrected chi connectivity index (χ2v) is 17.8. The number of nitrogens with zero attached hydrogens (tertiary/aromatic N) is 2. The van der Waals surface area contributed by atoms with Crippen LogP contribution in [0.1, 0.15) is 97.8 Å². The maximum atomic E-state index is 2.76. The molecular formula is C46H49BN2. The number of para-hydroxylation sites is 1. The van der Waals surface area contributed by atoms with Crippen molar-refractivity contribution in [1.82, 2.24) is 0 Å². The molecule has 0 radical (unpaired) electrons. The number of rotatable bonds is 2. The van der Waals surface area contributed by atoms with Crippen LogP contribution in [0.5, 0.6) is 0 Å². The molecule has 3 aliphatic heterocycles. The highest BCUT2D eigenvalue weighted by Gasteiger charge is 2.58. The quantitative estimate of drug-likeness (QED) is 0.174. The smallest absolute Gasteiger partial charge is 0.248 e.